The summed E-state index contributed by atoms with van der Waals surface area (Å²) in [5.41, 5.74) is 0.488. The number of nitrogens with zero attached hydrogens (tertiary/aromatic N) is 4. The van der Waals surface area contributed by atoms with Gasteiger partial charge in [0.25, 0.3) is 0 Å². The number of para-hydroxylation sites is 1. The Morgan fingerprint density at radius 2 is 1.79 bits per heavy atom. The Morgan fingerprint density at radius 3 is 2.52 bits per heavy atom. The average molecular weight is 406 g/mol. The largest absolute Gasteiger partial charge is 0.434 e. The highest BCUT2D eigenvalue weighted by atomic mass is 19.3. The van der Waals surface area contributed by atoms with Crippen LogP contribution in [0.25, 0.3) is 0 Å². The van der Waals surface area contributed by atoms with Crippen molar-refractivity contribution in [3.63, 3.8) is 0 Å². The molecule has 0 unspecified atom stereocenters. The van der Waals surface area contributed by atoms with Gasteiger partial charge in [0, 0.05) is 63.8 Å². The van der Waals surface area contributed by atoms with Crippen LogP contribution in [-0.4, -0.2) is 66.8 Å². The molecule has 1 aliphatic rings. The van der Waals surface area contributed by atoms with E-state index in [-0.39, 0.29) is 18.3 Å². The molecule has 0 bridgehead atoms. The first kappa shape index (κ1) is 20.7. The highest BCUT2D eigenvalue weighted by Crippen LogP contribution is 2.19. The summed E-state index contributed by atoms with van der Waals surface area (Å²) < 4.78 is 29.3. The number of carbonyl (C=O) groups excluding carboxylic acids is 1. The number of hydrogen-bond donors (Lipinski definition) is 2. The molecule has 0 aliphatic carbocycles. The lowest BCUT2D eigenvalue weighted by molar-refractivity contribution is -0.0504. The van der Waals surface area contributed by atoms with Crippen LogP contribution in [-0.2, 0) is 6.54 Å². The van der Waals surface area contributed by atoms with Gasteiger partial charge in [-0.1, -0.05) is 18.2 Å². The molecule has 0 spiro atoms. The van der Waals surface area contributed by atoms with Crippen LogP contribution in [0.5, 0.6) is 5.75 Å². The number of rotatable bonds is 8. The second kappa shape index (κ2) is 10.5. The van der Waals surface area contributed by atoms with E-state index in [1.54, 1.807) is 36.7 Å². The van der Waals surface area contributed by atoms with Crippen molar-refractivity contribution in [3.8, 4) is 5.75 Å². The van der Waals surface area contributed by atoms with Crippen molar-refractivity contribution in [1.82, 2.24) is 25.5 Å². The number of urea groups is 1. The molecule has 1 aromatic carbocycles. The molecule has 156 valence electrons. The predicted octanol–water partition coefficient (Wildman–Crippen LogP) is 1.70. The molecule has 1 aromatic heterocycles. The third-order valence-corrected chi connectivity index (χ3v) is 4.55. The van der Waals surface area contributed by atoms with Crippen LogP contribution in [0, 0.1) is 0 Å². The molecule has 2 heterocycles. The van der Waals surface area contributed by atoms with Gasteiger partial charge in [-0.05, 0) is 12.1 Å². The van der Waals surface area contributed by atoms with Crippen LogP contribution in [0.3, 0.4) is 0 Å². The Morgan fingerprint density at radius 1 is 1.07 bits per heavy atom. The molecule has 2 aromatic rings. The van der Waals surface area contributed by atoms with E-state index in [0.29, 0.717) is 12.1 Å². The fraction of sp³-hybridized carbons (Fsp3) is 0.421. The SMILES string of the molecule is O=C(NCCN1CCN(c2ncccn2)CC1)NCc1ccccc1OC(F)F. The summed E-state index contributed by atoms with van der Waals surface area (Å²) in [6.07, 6.45) is 3.46. The Hall–Kier alpha value is -3.01. The zero-order chi connectivity index (χ0) is 20.5. The molecule has 1 aliphatic heterocycles. The molecule has 1 saturated heterocycles. The highest BCUT2D eigenvalue weighted by molar-refractivity contribution is 5.73. The fourth-order valence-corrected chi connectivity index (χ4v) is 3.05. The van der Waals surface area contributed by atoms with Gasteiger partial charge in [-0.2, -0.15) is 8.78 Å². The number of halogens is 2. The molecule has 0 atom stereocenters. The summed E-state index contributed by atoms with van der Waals surface area (Å²) in [7, 11) is 0. The number of anilines is 1. The first-order valence-electron chi connectivity index (χ1n) is 9.40. The Bertz CT molecular complexity index is 772. The van der Waals surface area contributed by atoms with E-state index in [0.717, 1.165) is 38.7 Å². The summed E-state index contributed by atoms with van der Waals surface area (Å²) in [5, 5.41) is 5.45. The van der Waals surface area contributed by atoms with E-state index in [4.69, 9.17) is 0 Å². The van der Waals surface area contributed by atoms with Gasteiger partial charge in [-0.15, -0.1) is 0 Å². The van der Waals surface area contributed by atoms with Crippen molar-refractivity contribution in [2.75, 3.05) is 44.2 Å². The predicted molar refractivity (Wildman–Crippen MR) is 104 cm³/mol. The maximum absolute atomic E-state index is 12.4. The molecule has 0 saturated carbocycles. The van der Waals surface area contributed by atoms with Crippen LogP contribution >= 0.6 is 0 Å². The number of nitrogens with one attached hydrogen (secondary N) is 2. The minimum atomic E-state index is -2.90. The number of piperazine rings is 1. The molecule has 2 amide bonds. The van der Waals surface area contributed by atoms with Gasteiger partial charge in [-0.3, -0.25) is 4.90 Å². The summed E-state index contributed by atoms with van der Waals surface area (Å²) in [6.45, 7) is 1.79. The standard InChI is InChI=1S/C19H24F2N6O2/c20-17(21)29-16-5-2-1-4-15(16)14-25-19(28)24-8-9-26-10-12-27(13-11-26)18-22-6-3-7-23-18/h1-7,17H,8-14H2,(H2,24,25,28). The van der Waals surface area contributed by atoms with Gasteiger partial charge in [0.2, 0.25) is 5.95 Å². The van der Waals surface area contributed by atoms with Gasteiger partial charge in [-0.25, -0.2) is 14.8 Å². The lowest BCUT2D eigenvalue weighted by Crippen LogP contribution is -2.49. The molecular weight excluding hydrogens is 382 g/mol. The number of ether oxygens (including phenoxy) is 1. The third kappa shape index (κ3) is 6.53. The smallest absolute Gasteiger partial charge is 0.387 e. The number of aromatic nitrogens is 2. The summed E-state index contributed by atoms with van der Waals surface area (Å²) in [4.78, 5) is 24.9. The molecule has 0 radical (unpaired) electrons. The van der Waals surface area contributed by atoms with Crippen molar-refractivity contribution in [2.24, 2.45) is 0 Å². The number of alkyl halides is 2. The Balaban J connectivity index is 1.34. The van der Waals surface area contributed by atoms with Crippen LogP contribution in [0.2, 0.25) is 0 Å². The Labute approximate surface area is 167 Å². The van der Waals surface area contributed by atoms with Crippen molar-refractivity contribution in [3.05, 3.63) is 48.3 Å². The second-order valence-corrected chi connectivity index (χ2v) is 6.47. The average Bonchev–Trinajstić information content (AvgIpc) is 2.74. The molecular formula is C19H24F2N6O2. The van der Waals surface area contributed by atoms with Gasteiger partial charge in [0.15, 0.2) is 0 Å². The van der Waals surface area contributed by atoms with Gasteiger partial charge in [0.05, 0.1) is 0 Å². The first-order valence-corrected chi connectivity index (χ1v) is 9.40. The van der Waals surface area contributed by atoms with Crippen molar-refractivity contribution in [2.45, 2.75) is 13.2 Å². The zero-order valence-corrected chi connectivity index (χ0v) is 15.9. The topological polar surface area (TPSA) is 82.6 Å². The molecule has 2 N–H and O–H groups in total. The maximum atomic E-state index is 12.4. The molecule has 29 heavy (non-hydrogen) atoms. The normalized spacial score (nSPS) is 14.7. The van der Waals surface area contributed by atoms with E-state index >= 15 is 0 Å². The molecule has 8 nitrogen and oxygen atoms in total. The van der Waals surface area contributed by atoms with E-state index in [9.17, 15) is 13.6 Å². The minimum absolute atomic E-state index is 0.0584. The van der Waals surface area contributed by atoms with Crippen molar-refractivity contribution < 1.29 is 18.3 Å². The lowest BCUT2D eigenvalue weighted by Gasteiger charge is -2.34. The number of amides is 2. The van der Waals surface area contributed by atoms with Crippen LogP contribution in [0.15, 0.2) is 42.7 Å². The van der Waals surface area contributed by atoms with E-state index in [1.807, 2.05) is 0 Å². The zero-order valence-electron chi connectivity index (χ0n) is 15.9. The van der Waals surface area contributed by atoms with E-state index in [2.05, 4.69) is 35.1 Å². The fourth-order valence-electron chi connectivity index (χ4n) is 3.05. The highest BCUT2D eigenvalue weighted by Gasteiger charge is 2.18. The van der Waals surface area contributed by atoms with Crippen molar-refractivity contribution >= 4 is 12.0 Å². The van der Waals surface area contributed by atoms with Crippen molar-refractivity contribution in [1.29, 1.82) is 0 Å². The molecule has 3 rings (SSSR count). The third-order valence-electron chi connectivity index (χ3n) is 4.55. The summed E-state index contributed by atoms with van der Waals surface area (Å²) >= 11 is 0. The second-order valence-electron chi connectivity index (χ2n) is 6.47. The maximum Gasteiger partial charge on any atom is 0.387 e. The van der Waals surface area contributed by atoms with Crippen LogP contribution < -0.4 is 20.3 Å². The lowest BCUT2D eigenvalue weighted by atomic mass is 10.2. The minimum Gasteiger partial charge on any atom is -0.434 e. The molecule has 1 fully saturated rings. The van der Waals surface area contributed by atoms with Crippen LogP contribution in [0.1, 0.15) is 5.56 Å². The van der Waals surface area contributed by atoms with Gasteiger partial charge >= 0.3 is 12.6 Å². The number of hydrogen-bond acceptors (Lipinski definition) is 6. The summed E-state index contributed by atoms with van der Waals surface area (Å²) in [5.74, 6) is 0.795. The first-order chi connectivity index (χ1) is 14.1. The van der Waals surface area contributed by atoms with E-state index < -0.39 is 6.61 Å². The van der Waals surface area contributed by atoms with Crippen LogP contribution in [0.4, 0.5) is 19.5 Å². The molecule has 10 heteroatoms. The van der Waals surface area contributed by atoms with Gasteiger partial charge < -0.3 is 20.3 Å². The number of carbonyl (C=O) groups is 1. The summed E-state index contributed by atoms with van der Waals surface area (Å²) in [6, 6.07) is 7.82. The quantitative estimate of drug-likeness (QED) is 0.695. The van der Waals surface area contributed by atoms with Gasteiger partial charge in [0.1, 0.15) is 5.75 Å². The Kier molecular flexibility index (Phi) is 7.51. The number of benzene rings is 1. The monoisotopic (exact) mass is 406 g/mol. The van der Waals surface area contributed by atoms with E-state index in [1.165, 1.54) is 6.07 Å².